The van der Waals surface area contributed by atoms with Crippen molar-refractivity contribution in [2.75, 3.05) is 26.5 Å². The van der Waals surface area contributed by atoms with Gasteiger partial charge in [0.05, 0.1) is 29.7 Å². The molecule has 12 heteroatoms. The Hall–Kier alpha value is -2.93. The SMILES string of the molecule is CN=C(C(=CN)NC(=O)c1[nH+]c(-c2cccc(F)c2F)sc1N)[C@@H]1CC[C@@H](N)[C@@H](OC)CO1. The molecule has 1 aromatic carbocycles. The summed E-state index contributed by atoms with van der Waals surface area (Å²) in [6.07, 6.45) is 1.67. The van der Waals surface area contributed by atoms with E-state index in [4.69, 9.17) is 26.7 Å². The van der Waals surface area contributed by atoms with Gasteiger partial charge in [0.2, 0.25) is 0 Å². The second-order valence-electron chi connectivity index (χ2n) is 7.38. The number of carbonyl (C=O) groups excluding carboxylic acids is 1. The molecule has 8 N–H and O–H groups in total. The van der Waals surface area contributed by atoms with Crippen LogP contribution in [-0.4, -0.2) is 50.6 Å². The van der Waals surface area contributed by atoms with Crippen molar-refractivity contribution >= 4 is 28.0 Å². The molecule has 9 nitrogen and oxygen atoms in total. The number of H-pyrrole nitrogens is 1. The fraction of sp³-hybridized carbons (Fsp3) is 0.381. The first-order chi connectivity index (χ1) is 15.8. The van der Waals surface area contributed by atoms with Gasteiger partial charge >= 0.3 is 11.6 Å². The molecule has 33 heavy (non-hydrogen) atoms. The first-order valence-electron chi connectivity index (χ1n) is 10.2. The van der Waals surface area contributed by atoms with Gasteiger partial charge in [-0.3, -0.25) is 9.79 Å². The Kier molecular flexibility index (Phi) is 8.08. The lowest BCUT2D eigenvalue weighted by Gasteiger charge is -2.20. The number of aliphatic imine (C=N–C) groups is 1. The van der Waals surface area contributed by atoms with Gasteiger partial charge in [0, 0.05) is 26.4 Å². The Morgan fingerprint density at radius 1 is 1.39 bits per heavy atom. The van der Waals surface area contributed by atoms with Gasteiger partial charge < -0.3 is 32.0 Å². The summed E-state index contributed by atoms with van der Waals surface area (Å²) in [4.78, 5) is 20.0. The zero-order valence-corrected chi connectivity index (χ0v) is 19.0. The van der Waals surface area contributed by atoms with Crippen LogP contribution in [0.2, 0.25) is 0 Å². The maximum absolute atomic E-state index is 14.2. The summed E-state index contributed by atoms with van der Waals surface area (Å²) in [5, 5.41) is 2.96. The number of rotatable bonds is 6. The molecule has 0 aliphatic carbocycles. The highest BCUT2D eigenvalue weighted by Crippen LogP contribution is 2.29. The lowest BCUT2D eigenvalue weighted by molar-refractivity contribution is -0.361. The molecule has 2 heterocycles. The highest BCUT2D eigenvalue weighted by atomic mass is 32.1. The maximum atomic E-state index is 14.2. The monoisotopic (exact) mass is 481 g/mol. The van der Waals surface area contributed by atoms with Crippen LogP contribution < -0.4 is 27.5 Å². The highest BCUT2D eigenvalue weighted by Gasteiger charge is 2.32. The van der Waals surface area contributed by atoms with Crippen LogP contribution in [0.5, 0.6) is 0 Å². The number of amides is 1. The summed E-state index contributed by atoms with van der Waals surface area (Å²) in [5.74, 6) is -2.66. The molecule has 1 aliphatic heterocycles. The summed E-state index contributed by atoms with van der Waals surface area (Å²) in [5.41, 5.74) is 18.5. The van der Waals surface area contributed by atoms with E-state index in [0.29, 0.717) is 18.6 Å². The lowest BCUT2D eigenvalue weighted by atomic mass is 10.0. The minimum atomic E-state index is -1.04. The molecule has 1 aliphatic rings. The molecule has 1 fully saturated rings. The van der Waals surface area contributed by atoms with Crippen LogP contribution in [0.1, 0.15) is 23.3 Å². The van der Waals surface area contributed by atoms with Gasteiger partial charge in [0.1, 0.15) is 6.10 Å². The van der Waals surface area contributed by atoms with E-state index in [0.717, 1.165) is 17.4 Å². The van der Waals surface area contributed by atoms with Crippen molar-refractivity contribution in [2.24, 2.45) is 16.5 Å². The number of halogens is 2. The molecule has 0 radical (unpaired) electrons. The summed E-state index contributed by atoms with van der Waals surface area (Å²) >= 11 is 0.923. The van der Waals surface area contributed by atoms with E-state index in [1.165, 1.54) is 18.3 Å². The van der Waals surface area contributed by atoms with Crippen LogP contribution >= 0.6 is 11.3 Å². The number of ether oxygens (including phenoxy) is 2. The Bertz CT molecular complexity index is 1070. The summed E-state index contributed by atoms with van der Waals surface area (Å²) < 4.78 is 39.0. The van der Waals surface area contributed by atoms with Gasteiger partial charge in [0.25, 0.3) is 5.01 Å². The fourth-order valence-electron chi connectivity index (χ4n) is 3.55. The largest absolute Gasteiger partial charge is 0.403 e. The number of nitrogens with two attached hydrogens (primary N) is 3. The third-order valence-corrected chi connectivity index (χ3v) is 6.31. The van der Waals surface area contributed by atoms with Gasteiger partial charge in [-0.2, -0.15) is 4.98 Å². The molecule has 1 saturated heterocycles. The van der Waals surface area contributed by atoms with Crippen LogP contribution in [0, 0.1) is 11.6 Å². The van der Waals surface area contributed by atoms with Crippen molar-refractivity contribution in [1.82, 2.24) is 5.32 Å². The van der Waals surface area contributed by atoms with Gasteiger partial charge in [-0.25, -0.2) is 8.78 Å². The van der Waals surface area contributed by atoms with Crippen LogP contribution in [0.15, 0.2) is 35.1 Å². The number of nitrogen functional groups attached to an aromatic ring is 1. The number of aromatic nitrogens is 1. The number of hydrogen-bond acceptors (Lipinski definition) is 8. The first kappa shape index (κ1) is 24.7. The van der Waals surface area contributed by atoms with E-state index in [1.54, 1.807) is 14.2 Å². The molecule has 178 valence electrons. The van der Waals surface area contributed by atoms with Crippen molar-refractivity contribution in [2.45, 2.75) is 31.1 Å². The average molecular weight is 482 g/mol. The summed E-state index contributed by atoms with van der Waals surface area (Å²) in [6.45, 7) is 0.265. The van der Waals surface area contributed by atoms with E-state index < -0.39 is 23.6 Å². The Balaban J connectivity index is 1.80. The number of nitrogens with one attached hydrogen (secondary N) is 2. The zero-order chi connectivity index (χ0) is 24.1. The minimum absolute atomic E-state index is 0.0169. The second kappa shape index (κ2) is 10.8. The number of aromatic amines is 1. The first-order valence-corrected chi connectivity index (χ1v) is 11.0. The minimum Gasteiger partial charge on any atom is -0.403 e. The summed E-state index contributed by atoms with van der Waals surface area (Å²) in [6, 6.07) is 3.56. The van der Waals surface area contributed by atoms with E-state index in [2.05, 4.69) is 15.3 Å². The number of thiazole rings is 1. The molecule has 1 amide bonds. The molecule has 3 atom stereocenters. The van der Waals surface area contributed by atoms with Crippen molar-refractivity contribution in [3.05, 3.63) is 47.4 Å². The Morgan fingerprint density at radius 3 is 2.82 bits per heavy atom. The molecule has 0 spiro atoms. The number of hydrogen-bond donors (Lipinski definition) is 4. The fourth-order valence-corrected chi connectivity index (χ4v) is 4.44. The smallest absolute Gasteiger partial charge is 0.323 e. The van der Waals surface area contributed by atoms with Gasteiger partial charge in [-0.1, -0.05) is 6.07 Å². The number of methoxy groups -OCH3 is 1. The Morgan fingerprint density at radius 2 is 2.15 bits per heavy atom. The third kappa shape index (κ3) is 5.36. The standard InChI is InChI=1S/C21H26F2N6O3S/c1-27-17(14-7-6-12(25)15(31-2)9-32-14)13(8-24)28-20(30)18-19(26)33-21(29-18)10-4-3-5-11(22)16(10)23/h3-5,8,12,14-15H,6-7,9,24-26H2,1-2H3,(H,28,30)/p+1/t12-,14+,15+/m1/s1. The molecule has 3 rings (SSSR count). The normalized spacial score (nSPS) is 22.2. The molecule has 0 saturated carbocycles. The van der Waals surface area contributed by atoms with E-state index in [-0.39, 0.29) is 45.7 Å². The molecule has 2 aromatic rings. The molecule has 0 bridgehead atoms. The van der Waals surface area contributed by atoms with E-state index in [9.17, 15) is 13.6 Å². The van der Waals surface area contributed by atoms with E-state index >= 15 is 0 Å². The van der Waals surface area contributed by atoms with Crippen molar-refractivity contribution < 1.29 is 28.0 Å². The van der Waals surface area contributed by atoms with Gasteiger partial charge in [-0.05, 0) is 36.3 Å². The number of carbonyl (C=O) groups is 1. The second-order valence-corrected chi connectivity index (χ2v) is 8.43. The predicted molar refractivity (Wildman–Crippen MR) is 121 cm³/mol. The van der Waals surface area contributed by atoms with Crippen LogP contribution in [0.3, 0.4) is 0 Å². The Labute approximate surface area is 193 Å². The topological polar surface area (TPSA) is 152 Å². The van der Waals surface area contributed by atoms with Gasteiger partial charge in [-0.15, -0.1) is 0 Å². The number of anilines is 1. The summed E-state index contributed by atoms with van der Waals surface area (Å²) in [7, 11) is 3.13. The van der Waals surface area contributed by atoms with Crippen LogP contribution in [0.25, 0.3) is 10.6 Å². The molecule has 1 aromatic heterocycles. The third-order valence-electron chi connectivity index (χ3n) is 5.36. The van der Waals surface area contributed by atoms with Gasteiger partial charge in [0.15, 0.2) is 16.6 Å². The van der Waals surface area contributed by atoms with Crippen molar-refractivity contribution in [3.63, 3.8) is 0 Å². The zero-order valence-electron chi connectivity index (χ0n) is 18.2. The quantitative estimate of drug-likeness (QED) is 0.455. The lowest BCUT2D eigenvalue weighted by Crippen LogP contribution is -2.38. The number of nitrogens with zero attached hydrogens (tertiary/aromatic N) is 1. The van der Waals surface area contributed by atoms with Crippen molar-refractivity contribution in [3.8, 4) is 10.6 Å². The van der Waals surface area contributed by atoms with E-state index in [1.807, 2.05) is 0 Å². The molecule has 0 unspecified atom stereocenters. The van der Waals surface area contributed by atoms with Crippen LogP contribution in [0.4, 0.5) is 13.8 Å². The number of benzene rings is 1. The predicted octanol–water partition coefficient (Wildman–Crippen LogP) is 1.21. The van der Waals surface area contributed by atoms with Crippen molar-refractivity contribution in [1.29, 1.82) is 0 Å². The molecular formula is C21H27F2N6O3S+. The highest BCUT2D eigenvalue weighted by molar-refractivity contribution is 7.18. The maximum Gasteiger partial charge on any atom is 0.323 e. The average Bonchev–Trinajstić information content (AvgIpc) is 3.09. The van der Waals surface area contributed by atoms with Crippen LogP contribution in [-0.2, 0) is 9.47 Å². The molecular weight excluding hydrogens is 454 g/mol.